The number of thiophene rings is 1. The van der Waals surface area contributed by atoms with Gasteiger partial charge in [-0.1, -0.05) is 22.4 Å². The van der Waals surface area contributed by atoms with Crippen molar-refractivity contribution in [2.45, 2.75) is 88.6 Å². The highest BCUT2D eigenvalue weighted by Gasteiger charge is 2.36. The number of fused-ring (bicyclic) bond motifs is 3. The molecule has 4 rings (SSSR count). The normalized spacial score (nSPS) is 16.7. The fourth-order valence-corrected chi connectivity index (χ4v) is 7.71. The summed E-state index contributed by atoms with van der Waals surface area (Å²) in [7, 11) is 0. The summed E-state index contributed by atoms with van der Waals surface area (Å²) < 4.78 is 2.33. The number of β-amino-alcohol motifs (C(OH)–C–C–N with tert-alkyl or cyclic N) is 1. The van der Waals surface area contributed by atoms with Crippen LogP contribution in [0.25, 0.3) is 20.3 Å². The van der Waals surface area contributed by atoms with E-state index >= 15 is 0 Å². The molecule has 1 aliphatic rings. The molecule has 300 valence electrons. The summed E-state index contributed by atoms with van der Waals surface area (Å²) in [6.07, 6.45) is 2.52. The number of likely N-dealkylation sites (tertiary alicyclic amines) is 1. The number of aromatic nitrogens is 2. The Morgan fingerprint density at radius 2 is 1.64 bits per heavy atom. The molecule has 0 aliphatic carbocycles. The lowest BCUT2D eigenvalue weighted by Gasteiger charge is -2.23. The summed E-state index contributed by atoms with van der Waals surface area (Å²) in [4.78, 5) is 73.5. The lowest BCUT2D eigenvalue weighted by Crippen LogP contribution is -2.53. The third-order valence-electron chi connectivity index (χ3n) is 9.03. The highest BCUT2D eigenvalue weighted by Crippen LogP contribution is 2.32. The number of carbonyl (C=O) groups is 4. The van der Waals surface area contributed by atoms with Crippen LogP contribution in [0.1, 0.15) is 63.6 Å². The van der Waals surface area contributed by atoms with Crippen molar-refractivity contribution in [3.05, 3.63) is 38.9 Å². The van der Waals surface area contributed by atoms with E-state index in [0.717, 1.165) is 14.6 Å². The van der Waals surface area contributed by atoms with Gasteiger partial charge in [0.2, 0.25) is 23.6 Å². The molecular weight excluding hydrogens is 798 g/mol. The van der Waals surface area contributed by atoms with Gasteiger partial charge in [0, 0.05) is 47.2 Å². The van der Waals surface area contributed by atoms with Crippen LogP contribution in [0.3, 0.4) is 0 Å². The van der Waals surface area contributed by atoms with Crippen molar-refractivity contribution in [2.75, 3.05) is 26.2 Å². The number of guanidine groups is 2. The molecule has 1 unspecified atom stereocenters. The average Bonchev–Trinajstić information content (AvgIpc) is 3.67. The second-order valence-corrected chi connectivity index (χ2v) is 15.4. The van der Waals surface area contributed by atoms with E-state index < -0.39 is 36.0 Å². The van der Waals surface area contributed by atoms with Gasteiger partial charge >= 0.3 is 0 Å². The summed E-state index contributed by atoms with van der Waals surface area (Å²) in [6.45, 7) is 1.38. The van der Waals surface area contributed by atoms with Crippen LogP contribution in [0.2, 0.25) is 0 Å². The number of H-pyrrole nitrogens is 1. The molecule has 1 fully saturated rings. The molecule has 19 nitrogen and oxygen atoms in total. The zero-order valence-electron chi connectivity index (χ0n) is 30.3. The lowest BCUT2D eigenvalue weighted by molar-refractivity contribution is -0.131. The van der Waals surface area contributed by atoms with E-state index in [-0.39, 0.29) is 68.1 Å². The topological polar surface area (TPSA) is 323 Å². The molecule has 0 saturated carbocycles. The SMILES string of the molecule is N=C(N)NCCCC(NC(=O)[C@@H](CCCNC(=N)N)NC(=O)CCCCCNC(=O)[C@H]1C[C@H](O)CN1Cc1nc2c(sc3ccc(Br)cc32)c(=O)[nH]1)C(N)=O. The molecule has 4 amide bonds. The molecule has 3 aromatic rings. The van der Waals surface area contributed by atoms with Gasteiger partial charge in [-0.05, 0) is 63.1 Å². The van der Waals surface area contributed by atoms with Crippen LogP contribution in [0, 0.1) is 10.8 Å². The maximum atomic E-state index is 13.2. The number of primary amides is 1. The van der Waals surface area contributed by atoms with E-state index in [4.69, 9.17) is 33.0 Å². The van der Waals surface area contributed by atoms with Crippen molar-refractivity contribution < 1.29 is 24.3 Å². The van der Waals surface area contributed by atoms with Crippen molar-refractivity contribution >= 4 is 83.1 Å². The number of unbranched alkanes of at least 4 members (excludes halogenated alkanes) is 2. The Labute approximate surface area is 329 Å². The number of aromatic amines is 1. The molecule has 21 heteroatoms. The Morgan fingerprint density at radius 3 is 2.31 bits per heavy atom. The Kier molecular flexibility index (Phi) is 16.2. The second kappa shape index (κ2) is 20.7. The first-order valence-electron chi connectivity index (χ1n) is 18.1. The Bertz CT molecular complexity index is 1920. The summed E-state index contributed by atoms with van der Waals surface area (Å²) >= 11 is 4.84. The van der Waals surface area contributed by atoms with Gasteiger partial charge in [-0.15, -0.1) is 11.3 Å². The zero-order chi connectivity index (χ0) is 40.1. The van der Waals surface area contributed by atoms with Crippen molar-refractivity contribution in [2.24, 2.45) is 17.2 Å². The number of halogens is 1. The minimum atomic E-state index is -0.995. The van der Waals surface area contributed by atoms with Gasteiger partial charge in [0.15, 0.2) is 11.9 Å². The molecule has 2 aromatic heterocycles. The molecule has 1 saturated heterocycles. The smallest absolute Gasteiger partial charge is 0.268 e. The molecule has 15 N–H and O–H groups in total. The number of benzene rings is 1. The van der Waals surface area contributed by atoms with E-state index in [0.29, 0.717) is 67.8 Å². The fraction of sp³-hybridized carbons (Fsp3) is 0.529. The van der Waals surface area contributed by atoms with Gasteiger partial charge in [0.05, 0.1) is 24.2 Å². The van der Waals surface area contributed by atoms with Crippen molar-refractivity contribution in [1.29, 1.82) is 10.8 Å². The highest BCUT2D eigenvalue weighted by atomic mass is 79.9. The van der Waals surface area contributed by atoms with E-state index in [1.165, 1.54) is 11.3 Å². The van der Waals surface area contributed by atoms with Crippen molar-refractivity contribution in [1.82, 2.24) is 41.5 Å². The summed E-state index contributed by atoms with van der Waals surface area (Å²) in [5.41, 5.74) is 16.4. The molecule has 1 aliphatic heterocycles. The van der Waals surface area contributed by atoms with Crippen LogP contribution < -0.4 is 49.3 Å². The molecule has 55 heavy (non-hydrogen) atoms. The van der Waals surface area contributed by atoms with Crippen LogP contribution in [-0.2, 0) is 25.7 Å². The third-order valence-corrected chi connectivity index (χ3v) is 10.7. The highest BCUT2D eigenvalue weighted by molar-refractivity contribution is 9.10. The van der Waals surface area contributed by atoms with Crippen molar-refractivity contribution in [3.8, 4) is 0 Å². The number of aliphatic hydroxyl groups excluding tert-OH is 1. The first kappa shape index (κ1) is 42.9. The number of carbonyl (C=O) groups excluding carboxylic acids is 4. The first-order chi connectivity index (χ1) is 26.2. The first-order valence-corrected chi connectivity index (χ1v) is 19.7. The number of amides is 4. The van der Waals surface area contributed by atoms with Crippen LogP contribution >= 0.6 is 27.3 Å². The van der Waals surface area contributed by atoms with Gasteiger partial charge in [-0.3, -0.25) is 39.7 Å². The minimum Gasteiger partial charge on any atom is -0.392 e. The quantitative estimate of drug-likeness (QED) is 0.0367. The van der Waals surface area contributed by atoms with Gasteiger partial charge in [-0.25, -0.2) is 4.98 Å². The van der Waals surface area contributed by atoms with Gasteiger partial charge in [0.1, 0.15) is 22.6 Å². The third kappa shape index (κ3) is 13.1. The van der Waals surface area contributed by atoms with E-state index in [9.17, 15) is 29.1 Å². The molecular formula is C34H50BrN13O6S. The van der Waals surface area contributed by atoms with E-state index in [1.54, 1.807) is 4.90 Å². The van der Waals surface area contributed by atoms with Gasteiger partial charge in [-0.2, -0.15) is 0 Å². The van der Waals surface area contributed by atoms with E-state index in [1.807, 2.05) is 18.2 Å². The molecule has 0 bridgehead atoms. The summed E-state index contributed by atoms with van der Waals surface area (Å²) in [5.74, 6) is -1.98. The lowest BCUT2D eigenvalue weighted by atomic mass is 10.1. The molecule has 0 radical (unpaired) electrons. The summed E-state index contributed by atoms with van der Waals surface area (Å²) in [6, 6.07) is 3.18. The maximum absolute atomic E-state index is 13.2. The predicted octanol–water partition coefficient (Wildman–Crippen LogP) is -0.506. The molecule has 1 aromatic carbocycles. The molecule has 0 spiro atoms. The Balaban J connectivity index is 1.23. The number of hydrogen-bond acceptors (Lipinski definition) is 11. The van der Waals surface area contributed by atoms with Crippen molar-refractivity contribution in [3.63, 3.8) is 0 Å². The number of nitrogens with one attached hydrogen (secondary N) is 8. The molecule has 4 atom stereocenters. The van der Waals surface area contributed by atoms with Gasteiger partial charge < -0.3 is 53.9 Å². The van der Waals surface area contributed by atoms with Crippen LogP contribution in [0.15, 0.2) is 27.5 Å². The van der Waals surface area contributed by atoms with Crippen LogP contribution in [0.4, 0.5) is 0 Å². The zero-order valence-corrected chi connectivity index (χ0v) is 32.7. The fourth-order valence-electron chi connectivity index (χ4n) is 6.33. The van der Waals surface area contributed by atoms with E-state index in [2.05, 4.69) is 47.5 Å². The average molecular weight is 849 g/mol. The summed E-state index contributed by atoms with van der Waals surface area (Å²) in [5, 5.41) is 39.4. The number of nitrogens with zero attached hydrogens (tertiary/aromatic N) is 2. The predicted molar refractivity (Wildman–Crippen MR) is 213 cm³/mol. The van der Waals surface area contributed by atoms with Gasteiger partial charge in [0.25, 0.3) is 5.56 Å². The number of nitrogens with two attached hydrogens (primary N) is 3. The number of rotatable bonds is 21. The largest absolute Gasteiger partial charge is 0.392 e. The maximum Gasteiger partial charge on any atom is 0.268 e. The monoisotopic (exact) mass is 847 g/mol. The van der Waals surface area contributed by atoms with Crippen LogP contribution in [0.5, 0.6) is 0 Å². The van der Waals surface area contributed by atoms with Crippen LogP contribution in [-0.4, -0.2) is 106 Å². The standard InChI is InChI=1S/C34H50BrN13O6S/c35-18-9-10-24-20(14-18)27-28(55-24)32(54)47-25(46-27)17-48-16-19(49)15-23(48)31(53)41-11-3-1-2-8-26(50)44-22(7-5-13-43-34(39)40)30(52)45-21(29(36)51)6-4-12-42-33(37)38/h9-10,14,19,21-23,49H,1-8,11-13,15-17H2,(H2,36,51)(H,41,53)(H,44,50)(H,45,52)(H4,37,38,42)(H4,39,40,43)(H,46,47,54)/t19-,21?,22+,23+/m0/s1. The number of hydrogen-bond donors (Lipinski definition) is 12. The minimum absolute atomic E-state index is 0.119. The Hall–Kier alpha value is -4.86. The molecule has 3 heterocycles. The second-order valence-electron chi connectivity index (χ2n) is 13.4. The Morgan fingerprint density at radius 1 is 0.964 bits per heavy atom. The number of aliphatic hydroxyl groups is 1.